The average molecular weight is 276 g/mol. The normalized spacial score (nSPS) is 21.5. The van der Waals surface area contributed by atoms with Crippen LogP contribution in [0.2, 0.25) is 0 Å². The fraction of sp³-hybridized carbons (Fsp3) is 0.750. The van der Waals surface area contributed by atoms with E-state index in [1.54, 1.807) is 0 Å². The minimum absolute atomic E-state index is 0.382. The molecular weight excluding hydrogens is 248 g/mol. The molecule has 0 unspecified atom stereocenters. The van der Waals surface area contributed by atoms with E-state index in [0.717, 1.165) is 11.5 Å². The molecule has 0 atom stereocenters. The van der Waals surface area contributed by atoms with Crippen LogP contribution in [0.3, 0.4) is 0 Å². The van der Waals surface area contributed by atoms with E-state index >= 15 is 0 Å². The van der Waals surface area contributed by atoms with Crippen LogP contribution >= 0.6 is 0 Å². The van der Waals surface area contributed by atoms with Crippen LogP contribution in [-0.2, 0) is 0 Å². The molecule has 0 radical (unpaired) electrons. The maximum atomic E-state index is 4.51. The van der Waals surface area contributed by atoms with Crippen LogP contribution < -0.4 is 10.6 Å². The Kier molecular flexibility index (Phi) is 3.94. The van der Waals surface area contributed by atoms with Gasteiger partial charge in [-0.05, 0) is 37.0 Å². The summed E-state index contributed by atoms with van der Waals surface area (Å²) in [5.74, 6) is 1.61. The Morgan fingerprint density at radius 1 is 1.10 bits per heavy atom. The maximum Gasteiger partial charge on any atom is 0.224 e. The number of hydrogen-bond donors (Lipinski definition) is 2. The molecule has 112 valence electrons. The summed E-state index contributed by atoms with van der Waals surface area (Å²) in [5, 5.41) is 6.63. The molecule has 1 aliphatic carbocycles. The molecule has 2 rings (SSSR count). The Balaban J connectivity index is 2.15. The Hall–Kier alpha value is -1.32. The standard InChI is InChI=1S/C16H28N4/c1-11-7-13(20-14(17-6)18-11)19-12-8-15(2,3)10-16(4,5)9-12/h7,12H,8-10H2,1-6H3,(H2,17,18,19,20). The number of rotatable bonds is 3. The molecular formula is C16H28N4. The van der Waals surface area contributed by atoms with E-state index in [9.17, 15) is 0 Å². The smallest absolute Gasteiger partial charge is 0.224 e. The van der Waals surface area contributed by atoms with Crippen molar-refractivity contribution in [3.63, 3.8) is 0 Å². The van der Waals surface area contributed by atoms with Crippen molar-refractivity contribution < 1.29 is 0 Å². The Bertz CT molecular complexity index is 463. The van der Waals surface area contributed by atoms with Crippen molar-refractivity contribution in [3.8, 4) is 0 Å². The van der Waals surface area contributed by atoms with Crippen LogP contribution in [0.4, 0.5) is 11.8 Å². The summed E-state index contributed by atoms with van der Waals surface area (Å²) in [6.45, 7) is 11.5. The minimum atomic E-state index is 0.382. The number of anilines is 2. The van der Waals surface area contributed by atoms with Crippen LogP contribution in [0.1, 0.15) is 52.7 Å². The zero-order valence-corrected chi connectivity index (χ0v) is 13.7. The second-order valence-corrected chi connectivity index (χ2v) is 7.72. The summed E-state index contributed by atoms with van der Waals surface area (Å²) >= 11 is 0. The van der Waals surface area contributed by atoms with E-state index in [1.807, 2.05) is 20.0 Å². The summed E-state index contributed by atoms with van der Waals surface area (Å²) in [4.78, 5) is 8.85. The lowest BCUT2D eigenvalue weighted by Crippen LogP contribution is -2.40. The largest absolute Gasteiger partial charge is 0.367 e. The highest BCUT2D eigenvalue weighted by Gasteiger charge is 2.38. The van der Waals surface area contributed by atoms with Gasteiger partial charge in [0.1, 0.15) is 5.82 Å². The van der Waals surface area contributed by atoms with E-state index in [1.165, 1.54) is 19.3 Å². The zero-order valence-electron chi connectivity index (χ0n) is 13.7. The molecule has 1 aromatic heterocycles. The summed E-state index contributed by atoms with van der Waals surface area (Å²) in [6.07, 6.45) is 3.66. The number of hydrogen-bond acceptors (Lipinski definition) is 4. The molecule has 0 amide bonds. The van der Waals surface area contributed by atoms with Gasteiger partial charge >= 0.3 is 0 Å². The van der Waals surface area contributed by atoms with Gasteiger partial charge in [0.15, 0.2) is 0 Å². The summed E-state index contributed by atoms with van der Waals surface area (Å²) in [7, 11) is 1.85. The average Bonchev–Trinajstić information content (AvgIpc) is 2.23. The van der Waals surface area contributed by atoms with Gasteiger partial charge in [0, 0.05) is 24.8 Å². The molecule has 0 spiro atoms. The van der Waals surface area contributed by atoms with Crippen LogP contribution in [0.15, 0.2) is 6.07 Å². The SMILES string of the molecule is CNc1nc(C)cc(NC2CC(C)(C)CC(C)(C)C2)n1. The van der Waals surface area contributed by atoms with Crippen LogP contribution in [0, 0.1) is 17.8 Å². The fourth-order valence-electron chi connectivity index (χ4n) is 3.91. The van der Waals surface area contributed by atoms with E-state index in [0.29, 0.717) is 22.8 Å². The van der Waals surface area contributed by atoms with Crippen molar-refractivity contribution in [3.05, 3.63) is 11.8 Å². The molecule has 4 nitrogen and oxygen atoms in total. The molecule has 2 N–H and O–H groups in total. The molecule has 1 heterocycles. The molecule has 0 aromatic carbocycles. The van der Waals surface area contributed by atoms with Gasteiger partial charge in [0.2, 0.25) is 5.95 Å². The van der Waals surface area contributed by atoms with Crippen LogP contribution in [0.25, 0.3) is 0 Å². The predicted molar refractivity (Wildman–Crippen MR) is 85.1 cm³/mol. The quantitative estimate of drug-likeness (QED) is 0.880. The van der Waals surface area contributed by atoms with E-state index in [-0.39, 0.29) is 0 Å². The first-order valence-electron chi connectivity index (χ1n) is 7.49. The zero-order chi connectivity index (χ0) is 15.0. The van der Waals surface area contributed by atoms with E-state index in [4.69, 9.17) is 0 Å². The van der Waals surface area contributed by atoms with Crippen LogP contribution in [0.5, 0.6) is 0 Å². The minimum Gasteiger partial charge on any atom is -0.367 e. The first kappa shape index (κ1) is 15.1. The molecule has 1 aliphatic rings. The number of nitrogens with one attached hydrogen (secondary N) is 2. The summed E-state index contributed by atoms with van der Waals surface area (Å²) < 4.78 is 0. The monoisotopic (exact) mass is 276 g/mol. The number of aromatic nitrogens is 2. The van der Waals surface area contributed by atoms with Crippen molar-refractivity contribution >= 4 is 11.8 Å². The summed E-state index contributed by atoms with van der Waals surface area (Å²) in [5.41, 5.74) is 1.75. The molecule has 0 bridgehead atoms. The summed E-state index contributed by atoms with van der Waals surface area (Å²) in [6, 6.07) is 2.50. The highest BCUT2D eigenvalue weighted by atomic mass is 15.1. The van der Waals surface area contributed by atoms with Gasteiger partial charge in [0.05, 0.1) is 0 Å². The van der Waals surface area contributed by atoms with Crippen molar-refractivity contribution in [2.75, 3.05) is 17.7 Å². The molecule has 20 heavy (non-hydrogen) atoms. The third-order valence-electron chi connectivity index (χ3n) is 3.98. The van der Waals surface area contributed by atoms with Crippen molar-refractivity contribution in [1.82, 2.24) is 9.97 Å². The molecule has 1 fully saturated rings. The third-order valence-corrected chi connectivity index (χ3v) is 3.98. The van der Waals surface area contributed by atoms with Crippen molar-refractivity contribution in [1.29, 1.82) is 0 Å². The maximum absolute atomic E-state index is 4.51. The molecule has 0 aliphatic heterocycles. The van der Waals surface area contributed by atoms with E-state index < -0.39 is 0 Å². The van der Waals surface area contributed by atoms with Crippen LogP contribution in [-0.4, -0.2) is 23.1 Å². The van der Waals surface area contributed by atoms with Crippen molar-refractivity contribution in [2.45, 2.75) is 59.9 Å². The van der Waals surface area contributed by atoms with Gasteiger partial charge in [-0.15, -0.1) is 0 Å². The topological polar surface area (TPSA) is 49.8 Å². The number of aryl methyl sites for hydroxylation is 1. The molecule has 1 aromatic rings. The second-order valence-electron chi connectivity index (χ2n) is 7.72. The van der Waals surface area contributed by atoms with E-state index in [2.05, 4.69) is 48.3 Å². The van der Waals surface area contributed by atoms with Gasteiger partial charge in [-0.1, -0.05) is 27.7 Å². The second kappa shape index (κ2) is 5.23. The first-order valence-corrected chi connectivity index (χ1v) is 7.49. The Morgan fingerprint density at radius 3 is 2.25 bits per heavy atom. The molecule has 4 heteroatoms. The van der Waals surface area contributed by atoms with Crippen molar-refractivity contribution in [2.24, 2.45) is 10.8 Å². The molecule has 0 saturated heterocycles. The highest BCUT2D eigenvalue weighted by molar-refractivity contribution is 5.42. The van der Waals surface area contributed by atoms with Gasteiger partial charge in [-0.3, -0.25) is 0 Å². The van der Waals surface area contributed by atoms with Gasteiger partial charge in [-0.2, -0.15) is 4.98 Å². The lowest BCUT2D eigenvalue weighted by Gasteiger charge is -2.45. The Labute approximate surface area is 122 Å². The highest BCUT2D eigenvalue weighted by Crippen LogP contribution is 2.46. The predicted octanol–water partition coefficient (Wildman–Crippen LogP) is 3.84. The first-order chi connectivity index (χ1) is 9.19. The van der Waals surface area contributed by atoms with Gasteiger partial charge < -0.3 is 10.6 Å². The lowest BCUT2D eigenvalue weighted by molar-refractivity contribution is 0.105. The fourth-order valence-corrected chi connectivity index (χ4v) is 3.91. The lowest BCUT2D eigenvalue weighted by atomic mass is 9.63. The number of nitrogens with zero attached hydrogens (tertiary/aromatic N) is 2. The van der Waals surface area contributed by atoms with Gasteiger partial charge in [-0.25, -0.2) is 4.98 Å². The Morgan fingerprint density at radius 2 is 1.70 bits per heavy atom. The van der Waals surface area contributed by atoms with Gasteiger partial charge in [0.25, 0.3) is 0 Å². The third kappa shape index (κ3) is 3.84. The molecule has 1 saturated carbocycles.